The Balaban J connectivity index is 1.84. The minimum atomic E-state index is -0.618. The van der Waals surface area contributed by atoms with Gasteiger partial charge in [-0.2, -0.15) is 0 Å². The van der Waals surface area contributed by atoms with Crippen LogP contribution in [0.5, 0.6) is 28.7 Å². The van der Waals surface area contributed by atoms with Gasteiger partial charge in [-0.1, -0.05) is 36.0 Å². The lowest BCUT2D eigenvalue weighted by atomic mass is 10.0. The molecule has 0 radical (unpaired) electrons. The number of aliphatic hydroxyl groups is 1. The Labute approximate surface area is 209 Å². The third-order valence-corrected chi connectivity index (χ3v) is 5.62. The number of aliphatic hydroxyl groups excluding tert-OH is 1. The van der Waals surface area contributed by atoms with Gasteiger partial charge in [0, 0.05) is 5.56 Å². The summed E-state index contributed by atoms with van der Waals surface area (Å²) < 4.78 is 26.8. The van der Waals surface area contributed by atoms with Crippen LogP contribution in [0.15, 0.2) is 60.2 Å². The van der Waals surface area contributed by atoms with Crippen molar-refractivity contribution in [2.45, 2.75) is 38.7 Å². The highest BCUT2D eigenvalue weighted by atomic mass is 16.5. The van der Waals surface area contributed by atoms with Crippen LogP contribution in [0.2, 0.25) is 0 Å². The van der Waals surface area contributed by atoms with Crippen molar-refractivity contribution >= 4 is 6.08 Å². The van der Waals surface area contributed by atoms with Gasteiger partial charge in [0.1, 0.15) is 11.5 Å². The SMILES string of the molecule is COc1ccc(OC)c(C(O)CCC(C)=CC=CCCC=Cc2cc(OC)c(OC)c(OC)c2)c1. The van der Waals surface area contributed by atoms with Crippen molar-refractivity contribution < 1.29 is 28.8 Å². The van der Waals surface area contributed by atoms with Gasteiger partial charge in [-0.15, -0.1) is 0 Å². The van der Waals surface area contributed by atoms with Crippen LogP contribution in [-0.4, -0.2) is 40.7 Å². The van der Waals surface area contributed by atoms with Crippen molar-refractivity contribution in [3.63, 3.8) is 0 Å². The van der Waals surface area contributed by atoms with Crippen LogP contribution in [0, 0.1) is 0 Å². The Morgan fingerprint density at radius 3 is 2.09 bits per heavy atom. The molecule has 190 valence electrons. The van der Waals surface area contributed by atoms with Crippen molar-refractivity contribution in [3.05, 3.63) is 71.3 Å². The van der Waals surface area contributed by atoms with Gasteiger partial charge in [0.25, 0.3) is 0 Å². The normalized spacial score (nSPS) is 12.7. The van der Waals surface area contributed by atoms with Gasteiger partial charge in [0.05, 0.1) is 41.7 Å². The lowest BCUT2D eigenvalue weighted by molar-refractivity contribution is 0.163. The van der Waals surface area contributed by atoms with Crippen LogP contribution in [0.3, 0.4) is 0 Å². The summed E-state index contributed by atoms with van der Waals surface area (Å²) >= 11 is 0. The van der Waals surface area contributed by atoms with Gasteiger partial charge in [-0.3, -0.25) is 0 Å². The second-order valence-corrected chi connectivity index (χ2v) is 8.04. The monoisotopic (exact) mass is 482 g/mol. The molecule has 1 unspecified atom stereocenters. The Bertz CT molecular complexity index is 997. The molecule has 1 N–H and O–H groups in total. The molecule has 35 heavy (non-hydrogen) atoms. The summed E-state index contributed by atoms with van der Waals surface area (Å²) in [6.07, 6.45) is 13.1. The third-order valence-electron chi connectivity index (χ3n) is 5.62. The number of benzene rings is 2. The molecule has 0 aliphatic rings. The van der Waals surface area contributed by atoms with Gasteiger partial charge in [-0.05, 0) is 68.5 Å². The highest BCUT2D eigenvalue weighted by Crippen LogP contribution is 2.38. The smallest absolute Gasteiger partial charge is 0.203 e. The number of unbranched alkanes of at least 4 members (excludes halogenated alkanes) is 1. The highest BCUT2D eigenvalue weighted by molar-refractivity contribution is 5.62. The number of hydrogen-bond donors (Lipinski definition) is 1. The molecule has 1 atom stereocenters. The van der Waals surface area contributed by atoms with Gasteiger partial charge >= 0.3 is 0 Å². The maximum Gasteiger partial charge on any atom is 0.203 e. The molecule has 0 heterocycles. The van der Waals surface area contributed by atoms with Crippen LogP contribution in [0.1, 0.15) is 49.8 Å². The minimum Gasteiger partial charge on any atom is -0.497 e. The molecule has 0 amide bonds. The van der Waals surface area contributed by atoms with E-state index >= 15 is 0 Å². The van der Waals surface area contributed by atoms with E-state index in [1.807, 2.05) is 36.4 Å². The predicted octanol–water partition coefficient (Wildman–Crippen LogP) is 6.54. The lowest BCUT2D eigenvalue weighted by Crippen LogP contribution is -2.01. The molecule has 0 aliphatic carbocycles. The summed E-state index contributed by atoms with van der Waals surface area (Å²) in [7, 11) is 8.04. The van der Waals surface area contributed by atoms with Gasteiger partial charge in [0.15, 0.2) is 11.5 Å². The Hall–Kier alpha value is -3.38. The first-order valence-corrected chi connectivity index (χ1v) is 11.7. The van der Waals surface area contributed by atoms with E-state index in [1.165, 1.54) is 5.57 Å². The van der Waals surface area contributed by atoms with E-state index < -0.39 is 6.10 Å². The third kappa shape index (κ3) is 8.41. The number of ether oxygens (including phenoxy) is 5. The molecule has 2 rings (SSSR count). The summed E-state index contributed by atoms with van der Waals surface area (Å²) in [4.78, 5) is 0. The molecular formula is C29H38O6. The van der Waals surface area contributed by atoms with Gasteiger partial charge < -0.3 is 28.8 Å². The van der Waals surface area contributed by atoms with Crippen molar-refractivity contribution in [2.75, 3.05) is 35.5 Å². The Morgan fingerprint density at radius 2 is 1.49 bits per heavy atom. The molecule has 2 aromatic rings. The Kier molecular flexibility index (Phi) is 11.8. The number of methoxy groups -OCH3 is 5. The first-order chi connectivity index (χ1) is 17.0. The van der Waals surface area contributed by atoms with Crippen molar-refractivity contribution in [3.8, 4) is 28.7 Å². The van der Waals surface area contributed by atoms with E-state index in [1.54, 1.807) is 35.5 Å². The van der Waals surface area contributed by atoms with E-state index in [0.29, 0.717) is 35.2 Å². The maximum absolute atomic E-state index is 10.6. The zero-order valence-electron chi connectivity index (χ0n) is 21.7. The molecule has 6 heteroatoms. The lowest BCUT2D eigenvalue weighted by Gasteiger charge is -2.16. The van der Waals surface area contributed by atoms with Crippen molar-refractivity contribution in [2.24, 2.45) is 0 Å². The molecule has 6 nitrogen and oxygen atoms in total. The first-order valence-electron chi connectivity index (χ1n) is 11.7. The zero-order valence-corrected chi connectivity index (χ0v) is 21.7. The van der Waals surface area contributed by atoms with Gasteiger partial charge in [-0.25, -0.2) is 0 Å². The van der Waals surface area contributed by atoms with Crippen LogP contribution in [0.4, 0.5) is 0 Å². The molecule has 0 saturated heterocycles. The second kappa shape index (κ2) is 14.8. The molecule has 0 spiro atoms. The number of hydrogen-bond acceptors (Lipinski definition) is 6. The minimum absolute atomic E-state index is 0.590. The van der Waals surface area contributed by atoms with E-state index in [-0.39, 0.29) is 0 Å². The van der Waals surface area contributed by atoms with Gasteiger partial charge in [0.2, 0.25) is 5.75 Å². The largest absolute Gasteiger partial charge is 0.497 e. The second-order valence-electron chi connectivity index (χ2n) is 8.04. The summed E-state index contributed by atoms with van der Waals surface area (Å²) in [5.74, 6) is 3.24. The van der Waals surface area contributed by atoms with Crippen LogP contribution >= 0.6 is 0 Å². The molecular weight excluding hydrogens is 444 g/mol. The summed E-state index contributed by atoms with van der Waals surface area (Å²) in [5, 5.41) is 10.6. The fourth-order valence-electron chi connectivity index (χ4n) is 3.64. The molecule has 0 aromatic heterocycles. The van der Waals surface area contributed by atoms with Crippen LogP contribution in [-0.2, 0) is 0 Å². The predicted molar refractivity (Wildman–Crippen MR) is 141 cm³/mol. The van der Waals surface area contributed by atoms with Crippen molar-refractivity contribution in [1.82, 2.24) is 0 Å². The standard InChI is InChI=1S/C29H38O6/c1-21(14-16-25(30)24-20-23(31-2)15-17-26(24)32-3)12-10-8-7-9-11-13-22-18-27(33-4)29(35-6)28(19-22)34-5/h8,10-13,15,17-20,25,30H,7,9,14,16H2,1-6H3. The number of allylic oxidation sites excluding steroid dienone is 5. The molecule has 0 saturated carbocycles. The molecule has 2 aromatic carbocycles. The summed E-state index contributed by atoms with van der Waals surface area (Å²) in [5.41, 5.74) is 2.94. The molecule has 0 bridgehead atoms. The highest BCUT2D eigenvalue weighted by Gasteiger charge is 2.15. The van der Waals surface area contributed by atoms with E-state index in [9.17, 15) is 5.11 Å². The summed E-state index contributed by atoms with van der Waals surface area (Å²) in [6, 6.07) is 9.32. The van der Waals surface area contributed by atoms with E-state index in [2.05, 4.69) is 31.2 Å². The average Bonchev–Trinajstić information content (AvgIpc) is 2.89. The maximum atomic E-state index is 10.6. The average molecular weight is 483 g/mol. The fraction of sp³-hybridized carbons (Fsp3) is 0.379. The molecule has 0 fully saturated rings. The quantitative estimate of drug-likeness (QED) is 0.244. The van der Waals surface area contributed by atoms with E-state index in [0.717, 1.165) is 30.4 Å². The van der Waals surface area contributed by atoms with Crippen LogP contribution in [0.25, 0.3) is 6.08 Å². The Morgan fingerprint density at radius 1 is 0.829 bits per heavy atom. The van der Waals surface area contributed by atoms with Crippen LogP contribution < -0.4 is 23.7 Å². The zero-order chi connectivity index (χ0) is 25.6. The summed E-state index contributed by atoms with van der Waals surface area (Å²) in [6.45, 7) is 2.07. The molecule has 0 aliphatic heterocycles. The number of rotatable bonds is 14. The van der Waals surface area contributed by atoms with E-state index in [4.69, 9.17) is 23.7 Å². The van der Waals surface area contributed by atoms with Crippen molar-refractivity contribution in [1.29, 1.82) is 0 Å². The topological polar surface area (TPSA) is 66.4 Å². The first kappa shape index (κ1) is 27.9. The fourth-order valence-corrected chi connectivity index (χ4v) is 3.64.